The highest BCUT2D eigenvalue weighted by atomic mass is 19.1. The van der Waals surface area contributed by atoms with Crippen molar-refractivity contribution in [2.75, 3.05) is 0 Å². The van der Waals surface area contributed by atoms with E-state index >= 15 is 0 Å². The third kappa shape index (κ3) is 2.91. The van der Waals surface area contributed by atoms with Gasteiger partial charge in [-0.2, -0.15) is 4.68 Å². The van der Waals surface area contributed by atoms with Gasteiger partial charge in [0.05, 0.1) is 10.9 Å². The number of carbonyl (C=O) groups is 1. The Kier molecular flexibility index (Phi) is 3.80. The summed E-state index contributed by atoms with van der Waals surface area (Å²) in [6.07, 6.45) is 0. The number of esters is 1. The van der Waals surface area contributed by atoms with Crippen LogP contribution in [0.5, 0.6) is 0 Å². The van der Waals surface area contributed by atoms with Crippen molar-refractivity contribution in [3.8, 4) is 0 Å². The zero-order valence-corrected chi connectivity index (χ0v) is 11.6. The average Bonchev–Trinajstić information content (AvgIpc) is 2.54. The molecule has 0 aliphatic rings. The molecule has 116 valence electrons. The van der Waals surface area contributed by atoms with Gasteiger partial charge in [0, 0.05) is 6.07 Å². The molecule has 0 saturated heterocycles. The van der Waals surface area contributed by atoms with E-state index in [1.54, 1.807) is 24.3 Å². The van der Waals surface area contributed by atoms with Crippen LogP contribution in [0.2, 0.25) is 0 Å². The SMILES string of the molecule is O=C(OCn1nnc2ccccc2c1=O)c1ccc(F)cc1F. The molecule has 0 radical (unpaired) electrons. The molecule has 23 heavy (non-hydrogen) atoms. The minimum absolute atomic E-state index is 0.312. The predicted octanol–water partition coefficient (Wildman–Crippen LogP) is 1.88. The summed E-state index contributed by atoms with van der Waals surface area (Å²) in [4.78, 5) is 23.9. The number of ether oxygens (including phenoxy) is 1. The van der Waals surface area contributed by atoms with E-state index in [0.29, 0.717) is 17.0 Å². The Bertz CT molecular complexity index is 956. The number of halogens is 2. The normalized spacial score (nSPS) is 10.7. The van der Waals surface area contributed by atoms with Gasteiger partial charge < -0.3 is 4.74 Å². The van der Waals surface area contributed by atoms with Gasteiger partial charge in [0.1, 0.15) is 17.2 Å². The predicted molar refractivity (Wildman–Crippen MR) is 75.6 cm³/mol. The first-order valence-electron chi connectivity index (χ1n) is 6.51. The summed E-state index contributed by atoms with van der Waals surface area (Å²) < 4.78 is 31.9. The monoisotopic (exact) mass is 317 g/mol. The lowest BCUT2D eigenvalue weighted by Gasteiger charge is -2.07. The molecule has 1 heterocycles. The lowest BCUT2D eigenvalue weighted by molar-refractivity contribution is 0.0330. The Labute approximate surface area is 127 Å². The van der Waals surface area contributed by atoms with E-state index in [1.165, 1.54) is 0 Å². The van der Waals surface area contributed by atoms with Gasteiger partial charge in [-0.25, -0.2) is 13.6 Å². The molecule has 0 spiro atoms. The van der Waals surface area contributed by atoms with Crippen LogP contribution in [-0.4, -0.2) is 21.0 Å². The number of nitrogens with zero attached hydrogens (tertiary/aromatic N) is 3. The Hall–Kier alpha value is -3.16. The Balaban J connectivity index is 1.82. The minimum Gasteiger partial charge on any atom is -0.438 e. The lowest BCUT2D eigenvalue weighted by Crippen LogP contribution is -2.26. The third-order valence-electron chi connectivity index (χ3n) is 3.10. The molecule has 0 aliphatic heterocycles. The molecule has 0 unspecified atom stereocenters. The molecule has 0 amide bonds. The molecule has 0 atom stereocenters. The Morgan fingerprint density at radius 3 is 2.74 bits per heavy atom. The molecule has 1 aromatic heterocycles. The van der Waals surface area contributed by atoms with Gasteiger partial charge in [-0.15, -0.1) is 5.10 Å². The summed E-state index contributed by atoms with van der Waals surface area (Å²) in [5, 5.41) is 7.76. The second-order valence-electron chi connectivity index (χ2n) is 4.60. The molecule has 0 bridgehead atoms. The molecular formula is C15H9F2N3O3. The van der Waals surface area contributed by atoms with Crippen LogP contribution >= 0.6 is 0 Å². The zero-order valence-electron chi connectivity index (χ0n) is 11.6. The van der Waals surface area contributed by atoms with Crippen LogP contribution in [0.4, 0.5) is 8.78 Å². The quantitative estimate of drug-likeness (QED) is 0.690. The molecule has 3 rings (SSSR count). The van der Waals surface area contributed by atoms with Crippen LogP contribution in [0.15, 0.2) is 47.3 Å². The van der Waals surface area contributed by atoms with Crippen LogP contribution in [0, 0.1) is 11.6 Å². The summed E-state index contributed by atoms with van der Waals surface area (Å²) >= 11 is 0. The Morgan fingerprint density at radius 1 is 1.17 bits per heavy atom. The number of hydrogen-bond donors (Lipinski definition) is 0. The van der Waals surface area contributed by atoms with Crippen LogP contribution in [0.1, 0.15) is 10.4 Å². The second-order valence-corrected chi connectivity index (χ2v) is 4.60. The fourth-order valence-corrected chi connectivity index (χ4v) is 1.96. The van der Waals surface area contributed by atoms with Crippen LogP contribution in [0.25, 0.3) is 10.9 Å². The molecule has 2 aromatic carbocycles. The van der Waals surface area contributed by atoms with Crippen molar-refractivity contribution in [2.45, 2.75) is 6.73 Å². The maximum absolute atomic E-state index is 13.5. The van der Waals surface area contributed by atoms with E-state index in [1.807, 2.05) is 0 Å². The average molecular weight is 317 g/mol. The van der Waals surface area contributed by atoms with E-state index in [9.17, 15) is 18.4 Å². The van der Waals surface area contributed by atoms with Crippen LogP contribution < -0.4 is 5.56 Å². The summed E-state index contributed by atoms with van der Waals surface area (Å²) in [7, 11) is 0. The van der Waals surface area contributed by atoms with Crippen molar-refractivity contribution in [2.24, 2.45) is 0 Å². The van der Waals surface area contributed by atoms with E-state index < -0.39 is 35.5 Å². The molecule has 0 fully saturated rings. The summed E-state index contributed by atoms with van der Waals surface area (Å²) in [5.41, 5.74) is -0.527. The van der Waals surface area contributed by atoms with Gasteiger partial charge in [0.15, 0.2) is 6.73 Å². The molecule has 0 N–H and O–H groups in total. The van der Waals surface area contributed by atoms with Gasteiger partial charge in [0.25, 0.3) is 5.56 Å². The summed E-state index contributed by atoms with van der Waals surface area (Å²) in [6.45, 7) is -0.535. The van der Waals surface area contributed by atoms with Crippen molar-refractivity contribution in [1.82, 2.24) is 15.0 Å². The second kappa shape index (κ2) is 5.91. The van der Waals surface area contributed by atoms with Gasteiger partial charge in [-0.3, -0.25) is 4.79 Å². The maximum atomic E-state index is 13.5. The number of fused-ring (bicyclic) bond motifs is 1. The molecule has 0 saturated carbocycles. The van der Waals surface area contributed by atoms with E-state index in [2.05, 4.69) is 10.3 Å². The summed E-state index contributed by atoms with van der Waals surface area (Å²) in [6, 6.07) is 9.01. The van der Waals surface area contributed by atoms with E-state index in [-0.39, 0.29) is 0 Å². The topological polar surface area (TPSA) is 74.1 Å². The highest BCUT2D eigenvalue weighted by Crippen LogP contribution is 2.11. The first-order valence-corrected chi connectivity index (χ1v) is 6.51. The largest absolute Gasteiger partial charge is 0.438 e. The van der Waals surface area contributed by atoms with Gasteiger partial charge >= 0.3 is 5.97 Å². The van der Waals surface area contributed by atoms with Crippen molar-refractivity contribution < 1.29 is 18.3 Å². The number of rotatable bonds is 3. The molecule has 3 aromatic rings. The van der Waals surface area contributed by atoms with Crippen molar-refractivity contribution >= 4 is 16.9 Å². The minimum atomic E-state index is -1.05. The van der Waals surface area contributed by atoms with Crippen molar-refractivity contribution in [3.63, 3.8) is 0 Å². The fourth-order valence-electron chi connectivity index (χ4n) is 1.96. The highest BCUT2D eigenvalue weighted by molar-refractivity contribution is 5.89. The van der Waals surface area contributed by atoms with Gasteiger partial charge in [-0.1, -0.05) is 17.3 Å². The standard InChI is InChI=1S/C15H9F2N3O3/c16-9-5-6-10(12(17)7-9)15(22)23-8-20-14(21)11-3-1-2-4-13(11)18-19-20/h1-7H,8H2. The number of carbonyl (C=O) groups excluding carboxylic acids is 1. The molecular weight excluding hydrogens is 308 g/mol. The number of hydrogen-bond acceptors (Lipinski definition) is 5. The zero-order chi connectivity index (χ0) is 16.4. The smallest absolute Gasteiger partial charge is 0.342 e. The number of benzene rings is 2. The third-order valence-corrected chi connectivity index (χ3v) is 3.10. The molecule has 8 heteroatoms. The number of aromatic nitrogens is 3. The van der Waals surface area contributed by atoms with E-state index in [0.717, 1.165) is 16.8 Å². The highest BCUT2D eigenvalue weighted by Gasteiger charge is 2.15. The molecule has 0 aliphatic carbocycles. The van der Waals surface area contributed by atoms with E-state index in [4.69, 9.17) is 4.74 Å². The maximum Gasteiger partial charge on any atom is 0.342 e. The molecule has 6 nitrogen and oxygen atoms in total. The van der Waals surface area contributed by atoms with Crippen LogP contribution in [0.3, 0.4) is 0 Å². The van der Waals surface area contributed by atoms with Gasteiger partial charge in [0.2, 0.25) is 0 Å². The van der Waals surface area contributed by atoms with Crippen molar-refractivity contribution in [3.05, 3.63) is 70.0 Å². The van der Waals surface area contributed by atoms with Crippen molar-refractivity contribution in [1.29, 1.82) is 0 Å². The first kappa shape index (κ1) is 14.8. The fraction of sp³-hybridized carbons (Fsp3) is 0.0667. The first-order chi connectivity index (χ1) is 11.1. The Morgan fingerprint density at radius 2 is 1.96 bits per heavy atom. The van der Waals surface area contributed by atoms with Gasteiger partial charge in [-0.05, 0) is 24.3 Å². The summed E-state index contributed by atoms with van der Waals surface area (Å²) in [5.74, 6) is -2.90. The lowest BCUT2D eigenvalue weighted by atomic mass is 10.2. The van der Waals surface area contributed by atoms with Crippen LogP contribution in [-0.2, 0) is 11.5 Å².